The lowest BCUT2D eigenvalue weighted by Gasteiger charge is -2.17. The highest BCUT2D eigenvalue weighted by Gasteiger charge is 2.18. The van der Waals surface area contributed by atoms with Gasteiger partial charge in [0.15, 0.2) is 0 Å². The Morgan fingerprint density at radius 3 is 2.50 bits per heavy atom. The van der Waals surface area contributed by atoms with Gasteiger partial charge in [0.2, 0.25) is 0 Å². The molecule has 0 radical (unpaired) electrons. The Morgan fingerprint density at radius 1 is 1.00 bits per heavy atom. The molecule has 0 saturated heterocycles. The number of allylic oxidation sites excluding steroid dienone is 1. The quantitative estimate of drug-likeness (QED) is 0.656. The van der Waals surface area contributed by atoms with Crippen LogP contribution in [0.1, 0.15) is 37.9 Å². The standard InChI is InChI=1S/C22H30N2/c1-3-23(4-2)16-10-11-17-24-21-15-9-8-14-20(21)18-22(24)19-12-6-5-7-13-19/h5-7,10-13,18H,3-4,8-9,14-17H2,1-2H3. The number of fused-ring (bicyclic) bond motifs is 1. The number of hydrogen-bond acceptors (Lipinski definition) is 1. The van der Waals surface area contributed by atoms with Gasteiger partial charge in [0, 0.05) is 24.5 Å². The molecule has 1 aliphatic carbocycles. The van der Waals surface area contributed by atoms with Crippen LogP contribution < -0.4 is 0 Å². The molecule has 1 aromatic carbocycles. The van der Waals surface area contributed by atoms with Crippen LogP contribution in [-0.2, 0) is 19.4 Å². The molecule has 0 unspecified atom stereocenters. The van der Waals surface area contributed by atoms with Crippen molar-refractivity contribution in [3.8, 4) is 11.3 Å². The smallest absolute Gasteiger partial charge is 0.0488 e. The highest BCUT2D eigenvalue weighted by molar-refractivity contribution is 5.63. The van der Waals surface area contributed by atoms with E-state index in [1.165, 1.54) is 36.9 Å². The van der Waals surface area contributed by atoms with E-state index >= 15 is 0 Å². The molecule has 2 aromatic rings. The normalized spacial score (nSPS) is 14.5. The SMILES string of the molecule is CCN(CC)CC=CCn1c(-c2ccccc2)cc2c1CCCC2. The highest BCUT2D eigenvalue weighted by Crippen LogP contribution is 2.31. The first-order chi connectivity index (χ1) is 11.8. The summed E-state index contributed by atoms with van der Waals surface area (Å²) < 4.78 is 2.54. The van der Waals surface area contributed by atoms with Gasteiger partial charge in [-0.3, -0.25) is 0 Å². The van der Waals surface area contributed by atoms with Gasteiger partial charge in [0.1, 0.15) is 0 Å². The maximum atomic E-state index is 2.54. The number of nitrogens with zero attached hydrogens (tertiary/aromatic N) is 2. The molecule has 3 rings (SSSR count). The largest absolute Gasteiger partial charge is 0.341 e. The molecule has 0 bridgehead atoms. The molecule has 0 N–H and O–H groups in total. The second-order valence-corrected chi connectivity index (χ2v) is 6.64. The van der Waals surface area contributed by atoms with E-state index in [2.05, 4.69) is 71.9 Å². The van der Waals surface area contributed by atoms with Gasteiger partial charge in [0.25, 0.3) is 0 Å². The van der Waals surface area contributed by atoms with Crippen LogP contribution in [-0.4, -0.2) is 29.1 Å². The number of aromatic nitrogens is 1. The zero-order valence-corrected chi connectivity index (χ0v) is 15.2. The van der Waals surface area contributed by atoms with Gasteiger partial charge in [-0.1, -0.05) is 56.3 Å². The zero-order valence-electron chi connectivity index (χ0n) is 15.2. The highest BCUT2D eigenvalue weighted by atomic mass is 15.1. The van der Waals surface area contributed by atoms with Crippen LogP contribution in [0.4, 0.5) is 0 Å². The van der Waals surface area contributed by atoms with Crippen molar-refractivity contribution in [2.45, 2.75) is 46.1 Å². The Kier molecular flexibility index (Phi) is 5.92. The topological polar surface area (TPSA) is 8.17 Å². The summed E-state index contributed by atoms with van der Waals surface area (Å²) in [5.74, 6) is 0. The minimum absolute atomic E-state index is 0.987. The molecule has 2 heteroatoms. The maximum Gasteiger partial charge on any atom is 0.0488 e. The lowest BCUT2D eigenvalue weighted by atomic mass is 9.98. The van der Waals surface area contributed by atoms with Gasteiger partial charge in [-0.05, 0) is 56.0 Å². The van der Waals surface area contributed by atoms with Crippen molar-refractivity contribution in [2.24, 2.45) is 0 Å². The third kappa shape index (κ3) is 3.81. The average molecular weight is 322 g/mol. The van der Waals surface area contributed by atoms with Gasteiger partial charge in [-0.2, -0.15) is 0 Å². The summed E-state index contributed by atoms with van der Waals surface area (Å²) in [6.07, 6.45) is 9.81. The second kappa shape index (κ2) is 8.34. The monoisotopic (exact) mass is 322 g/mol. The van der Waals surface area contributed by atoms with Crippen LogP contribution in [0.3, 0.4) is 0 Å². The van der Waals surface area contributed by atoms with Crippen molar-refractivity contribution >= 4 is 0 Å². The minimum atomic E-state index is 0.987. The summed E-state index contributed by atoms with van der Waals surface area (Å²) in [5.41, 5.74) is 5.85. The number of benzene rings is 1. The molecule has 0 saturated carbocycles. The summed E-state index contributed by atoms with van der Waals surface area (Å²) in [6.45, 7) is 8.74. The maximum absolute atomic E-state index is 2.54. The van der Waals surface area contributed by atoms with E-state index < -0.39 is 0 Å². The van der Waals surface area contributed by atoms with Crippen LogP contribution in [0.25, 0.3) is 11.3 Å². The first-order valence-electron chi connectivity index (χ1n) is 9.47. The van der Waals surface area contributed by atoms with Gasteiger partial charge >= 0.3 is 0 Å². The first kappa shape index (κ1) is 17.0. The molecule has 1 aliphatic rings. The van der Waals surface area contributed by atoms with Crippen molar-refractivity contribution < 1.29 is 0 Å². The fourth-order valence-electron chi connectivity index (χ4n) is 3.71. The molecular formula is C22H30N2. The van der Waals surface area contributed by atoms with E-state index in [1.54, 1.807) is 11.3 Å². The third-order valence-corrected chi connectivity index (χ3v) is 5.19. The van der Waals surface area contributed by atoms with Crippen LogP contribution in [0.5, 0.6) is 0 Å². The lowest BCUT2D eigenvalue weighted by Crippen LogP contribution is -2.22. The molecule has 0 atom stereocenters. The molecule has 0 spiro atoms. The van der Waals surface area contributed by atoms with E-state index in [1.807, 2.05) is 0 Å². The van der Waals surface area contributed by atoms with Gasteiger partial charge < -0.3 is 9.47 Å². The van der Waals surface area contributed by atoms with E-state index in [0.29, 0.717) is 0 Å². The molecule has 0 aliphatic heterocycles. The van der Waals surface area contributed by atoms with Crippen LogP contribution >= 0.6 is 0 Å². The first-order valence-corrected chi connectivity index (χ1v) is 9.47. The summed E-state index contributed by atoms with van der Waals surface area (Å²) in [7, 11) is 0. The van der Waals surface area contributed by atoms with Crippen LogP contribution in [0.15, 0.2) is 48.6 Å². The third-order valence-electron chi connectivity index (χ3n) is 5.19. The Balaban J connectivity index is 1.83. The molecule has 0 amide bonds. The second-order valence-electron chi connectivity index (χ2n) is 6.64. The Labute approximate surface area is 146 Å². The van der Waals surface area contributed by atoms with Crippen molar-refractivity contribution in [3.63, 3.8) is 0 Å². The molecule has 24 heavy (non-hydrogen) atoms. The van der Waals surface area contributed by atoms with Crippen LogP contribution in [0, 0.1) is 0 Å². The Morgan fingerprint density at radius 2 is 1.75 bits per heavy atom. The Bertz CT molecular complexity index is 663. The number of likely N-dealkylation sites (N-methyl/N-ethyl adjacent to an activating group) is 1. The molecule has 1 aromatic heterocycles. The fourth-order valence-corrected chi connectivity index (χ4v) is 3.71. The Hall–Kier alpha value is -1.80. The zero-order chi connectivity index (χ0) is 16.8. The molecule has 1 heterocycles. The summed E-state index contributed by atoms with van der Waals surface area (Å²) in [4.78, 5) is 2.44. The predicted octanol–water partition coefficient (Wildman–Crippen LogP) is 4.93. The van der Waals surface area contributed by atoms with Crippen molar-refractivity contribution in [1.29, 1.82) is 0 Å². The van der Waals surface area contributed by atoms with Crippen molar-refractivity contribution in [3.05, 3.63) is 59.8 Å². The van der Waals surface area contributed by atoms with Gasteiger partial charge in [-0.25, -0.2) is 0 Å². The van der Waals surface area contributed by atoms with Gasteiger partial charge in [-0.15, -0.1) is 0 Å². The minimum Gasteiger partial charge on any atom is -0.341 e. The van der Waals surface area contributed by atoms with E-state index in [-0.39, 0.29) is 0 Å². The molecule has 2 nitrogen and oxygen atoms in total. The number of aryl methyl sites for hydroxylation is 1. The van der Waals surface area contributed by atoms with Crippen LogP contribution in [0.2, 0.25) is 0 Å². The van der Waals surface area contributed by atoms with Gasteiger partial charge in [0.05, 0.1) is 0 Å². The summed E-state index contributed by atoms with van der Waals surface area (Å²) >= 11 is 0. The predicted molar refractivity (Wildman–Crippen MR) is 103 cm³/mol. The molecule has 128 valence electrons. The van der Waals surface area contributed by atoms with E-state index in [9.17, 15) is 0 Å². The lowest BCUT2D eigenvalue weighted by molar-refractivity contribution is 0.337. The summed E-state index contributed by atoms with van der Waals surface area (Å²) in [5, 5.41) is 0. The average Bonchev–Trinajstić information content (AvgIpc) is 3.01. The van der Waals surface area contributed by atoms with E-state index in [0.717, 1.165) is 26.2 Å². The van der Waals surface area contributed by atoms with Crippen molar-refractivity contribution in [2.75, 3.05) is 19.6 Å². The fraction of sp³-hybridized carbons (Fsp3) is 0.455. The van der Waals surface area contributed by atoms with E-state index in [4.69, 9.17) is 0 Å². The molecular weight excluding hydrogens is 292 g/mol. The number of rotatable bonds is 7. The number of hydrogen-bond donors (Lipinski definition) is 0. The molecule has 0 fully saturated rings. The summed E-state index contributed by atoms with van der Waals surface area (Å²) in [6, 6.07) is 13.3. The van der Waals surface area contributed by atoms with Crippen molar-refractivity contribution in [1.82, 2.24) is 9.47 Å².